The van der Waals surface area contributed by atoms with Gasteiger partial charge in [-0.05, 0) is 82.7 Å². The molecule has 6 rings (SSSR count). The molecule has 0 radical (unpaired) electrons. The van der Waals surface area contributed by atoms with Crippen molar-refractivity contribution in [3.8, 4) is 17.2 Å². The number of hydrogen-bond donors (Lipinski definition) is 1. The highest BCUT2D eigenvalue weighted by molar-refractivity contribution is 7.90. The zero-order chi connectivity index (χ0) is 27.6. The van der Waals surface area contributed by atoms with E-state index in [4.69, 9.17) is 0 Å². The van der Waals surface area contributed by atoms with E-state index in [1.54, 1.807) is 6.20 Å². The number of sulfonamides is 1. The molecule has 3 aliphatic rings. The fourth-order valence-electron chi connectivity index (χ4n) is 7.06. The van der Waals surface area contributed by atoms with E-state index < -0.39 is 14.8 Å². The Morgan fingerprint density at radius 3 is 2.64 bits per heavy atom. The van der Waals surface area contributed by atoms with Crippen LogP contribution in [0.4, 0.5) is 5.69 Å². The van der Waals surface area contributed by atoms with Crippen LogP contribution in [0.5, 0.6) is 0 Å². The Morgan fingerprint density at radius 2 is 1.95 bits per heavy atom. The summed E-state index contributed by atoms with van der Waals surface area (Å²) in [6.45, 7) is 6.75. The van der Waals surface area contributed by atoms with Crippen molar-refractivity contribution in [1.29, 1.82) is 5.26 Å². The molecule has 206 valence electrons. The van der Waals surface area contributed by atoms with Gasteiger partial charge in [0.1, 0.15) is 0 Å². The van der Waals surface area contributed by atoms with Crippen molar-refractivity contribution in [1.82, 2.24) is 9.29 Å². The topological polar surface area (TPSA) is 97.5 Å². The third kappa shape index (κ3) is 4.28. The summed E-state index contributed by atoms with van der Waals surface area (Å²) in [5.41, 5.74) is 5.45. The minimum atomic E-state index is -3.49. The molecule has 2 aromatic heterocycles. The zero-order valence-electron chi connectivity index (χ0n) is 22.9. The van der Waals surface area contributed by atoms with Gasteiger partial charge in [0.15, 0.2) is 0 Å². The fourth-order valence-corrected chi connectivity index (χ4v) is 9.86. The Labute approximate surface area is 235 Å². The van der Waals surface area contributed by atoms with E-state index in [2.05, 4.69) is 16.0 Å². The molecular formula is C30H36N4O3S2. The van der Waals surface area contributed by atoms with Gasteiger partial charge in [0.25, 0.3) is 0 Å². The van der Waals surface area contributed by atoms with E-state index in [1.807, 2.05) is 49.3 Å². The van der Waals surface area contributed by atoms with E-state index in [0.717, 1.165) is 89.0 Å². The average Bonchev–Trinajstić information content (AvgIpc) is 3.65. The number of nitriles is 1. The van der Waals surface area contributed by atoms with Gasteiger partial charge >= 0.3 is 0 Å². The molecule has 39 heavy (non-hydrogen) atoms. The lowest BCUT2D eigenvalue weighted by molar-refractivity contribution is 0.241. The summed E-state index contributed by atoms with van der Waals surface area (Å²) >= 11 is 1.54. The number of nitrogens with zero attached hydrogens (tertiary/aromatic N) is 4. The van der Waals surface area contributed by atoms with Gasteiger partial charge in [-0.15, -0.1) is 11.3 Å². The van der Waals surface area contributed by atoms with Gasteiger partial charge in [-0.3, -0.25) is 4.98 Å². The largest absolute Gasteiger partial charge is 0.391 e. The molecule has 7 nitrogen and oxygen atoms in total. The second-order valence-corrected chi connectivity index (χ2v) is 16.1. The average molecular weight is 565 g/mol. The van der Waals surface area contributed by atoms with Crippen molar-refractivity contribution >= 4 is 37.3 Å². The van der Waals surface area contributed by atoms with Crippen molar-refractivity contribution in [2.24, 2.45) is 0 Å². The summed E-state index contributed by atoms with van der Waals surface area (Å²) in [5, 5.41) is 19.7. The number of benzene rings is 1. The number of aliphatic hydroxyl groups excluding tert-OH is 1. The normalized spacial score (nSPS) is 21.5. The van der Waals surface area contributed by atoms with Crippen molar-refractivity contribution in [2.75, 3.05) is 18.0 Å². The SMILES string of the molecule is CC(C)(C)S(=O)(=O)N1C[C@H](N2CCCc3cc(C#N)cc(-c4ccnc5cc(CO)sc45)c32)CC12CCCC2. The van der Waals surface area contributed by atoms with Gasteiger partial charge in [-0.2, -0.15) is 9.57 Å². The zero-order valence-corrected chi connectivity index (χ0v) is 24.5. The van der Waals surface area contributed by atoms with Crippen molar-refractivity contribution in [3.05, 3.63) is 46.5 Å². The Balaban J connectivity index is 1.50. The number of aliphatic hydroxyl groups is 1. The Kier molecular flexibility index (Phi) is 6.54. The minimum absolute atomic E-state index is 0.0365. The molecule has 2 aliphatic heterocycles. The second-order valence-electron chi connectivity index (χ2n) is 12.3. The molecular weight excluding hydrogens is 528 g/mol. The third-order valence-electron chi connectivity index (χ3n) is 8.92. The Bertz CT molecular complexity index is 1580. The summed E-state index contributed by atoms with van der Waals surface area (Å²) in [4.78, 5) is 7.86. The van der Waals surface area contributed by atoms with Crippen LogP contribution in [0.3, 0.4) is 0 Å². The highest BCUT2D eigenvalue weighted by Crippen LogP contribution is 2.50. The van der Waals surface area contributed by atoms with E-state index in [1.165, 1.54) is 11.3 Å². The number of rotatable bonds is 4. The first-order chi connectivity index (χ1) is 18.6. The molecule has 1 aliphatic carbocycles. The van der Waals surface area contributed by atoms with Crippen LogP contribution in [-0.2, 0) is 23.1 Å². The molecule has 4 heterocycles. The molecule has 1 atom stereocenters. The molecule has 0 unspecified atom stereocenters. The lowest BCUT2D eigenvalue weighted by Gasteiger charge is -2.38. The van der Waals surface area contributed by atoms with Gasteiger partial charge in [0, 0.05) is 52.6 Å². The van der Waals surface area contributed by atoms with Crippen LogP contribution in [0, 0.1) is 11.3 Å². The molecule has 0 amide bonds. The van der Waals surface area contributed by atoms with Crippen LogP contribution in [0.15, 0.2) is 30.5 Å². The minimum Gasteiger partial charge on any atom is -0.391 e. The van der Waals surface area contributed by atoms with Crippen molar-refractivity contribution in [2.45, 2.75) is 88.7 Å². The van der Waals surface area contributed by atoms with Crippen molar-refractivity contribution in [3.63, 3.8) is 0 Å². The van der Waals surface area contributed by atoms with Gasteiger partial charge < -0.3 is 10.0 Å². The highest BCUT2D eigenvalue weighted by Gasteiger charge is 2.56. The molecule has 9 heteroatoms. The molecule has 1 saturated carbocycles. The summed E-state index contributed by atoms with van der Waals surface area (Å²) < 4.78 is 29.8. The van der Waals surface area contributed by atoms with Gasteiger partial charge in [0.2, 0.25) is 10.0 Å². The van der Waals surface area contributed by atoms with Gasteiger partial charge in [0.05, 0.1) is 33.2 Å². The van der Waals surface area contributed by atoms with Crippen LogP contribution < -0.4 is 4.90 Å². The molecule has 0 bridgehead atoms. The number of aryl methyl sites for hydroxylation is 1. The summed E-state index contributed by atoms with van der Waals surface area (Å²) in [6.07, 6.45) is 8.46. The molecule has 2 fully saturated rings. The highest BCUT2D eigenvalue weighted by atomic mass is 32.2. The van der Waals surface area contributed by atoms with Crippen LogP contribution in [0.2, 0.25) is 0 Å². The maximum atomic E-state index is 13.9. The van der Waals surface area contributed by atoms with E-state index >= 15 is 0 Å². The summed E-state index contributed by atoms with van der Waals surface area (Å²) in [5.74, 6) is 0. The van der Waals surface area contributed by atoms with Crippen LogP contribution >= 0.6 is 11.3 Å². The maximum Gasteiger partial charge on any atom is 0.219 e. The Morgan fingerprint density at radius 1 is 1.18 bits per heavy atom. The third-order valence-corrected chi connectivity index (χ3v) is 12.7. The summed E-state index contributed by atoms with van der Waals surface area (Å²) in [6, 6.07) is 10.4. The lowest BCUT2D eigenvalue weighted by atomic mass is 9.89. The Hall–Kier alpha value is -2.51. The standard InChI is InChI=1S/C30H36N4O3S2/c1-29(2,3)39(36,37)34-18-22(16-30(34)9-4-5-10-30)33-12-6-7-21-13-20(17-31)14-25(27(21)33)24-8-11-32-26-15-23(19-35)38-28(24)26/h8,11,13-15,22,35H,4-7,9-10,12,16,18-19H2,1-3H3/t22-/m1/s1. The molecule has 3 aromatic rings. The lowest BCUT2D eigenvalue weighted by Crippen LogP contribution is -2.51. The van der Waals surface area contributed by atoms with E-state index in [9.17, 15) is 18.8 Å². The number of fused-ring (bicyclic) bond motifs is 2. The number of pyridine rings is 1. The smallest absolute Gasteiger partial charge is 0.219 e. The van der Waals surface area contributed by atoms with E-state index in [0.29, 0.717) is 12.1 Å². The maximum absolute atomic E-state index is 13.9. The van der Waals surface area contributed by atoms with Crippen LogP contribution in [-0.4, -0.2) is 52.2 Å². The second kappa shape index (κ2) is 9.55. The fraction of sp³-hybridized carbons (Fsp3) is 0.533. The molecule has 1 spiro atoms. The van der Waals surface area contributed by atoms with E-state index in [-0.39, 0.29) is 18.2 Å². The first-order valence-electron chi connectivity index (χ1n) is 13.9. The predicted molar refractivity (Wildman–Crippen MR) is 156 cm³/mol. The molecule has 1 N–H and O–H groups in total. The number of thiophene rings is 1. The van der Waals surface area contributed by atoms with Crippen LogP contribution in [0.25, 0.3) is 21.3 Å². The molecule has 1 aromatic carbocycles. The first kappa shape index (κ1) is 26.7. The number of anilines is 1. The van der Waals surface area contributed by atoms with Crippen molar-refractivity contribution < 1.29 is 13.5 Å². The molecule has 1 saturated heterocycles. The van der Waals surface area contributed by atoms with Gasteiger partial charge in [-0.25, -0.2) is 8.42 Å². The van der Waals surface area contributed by atoms with Crippen LogP contribution in [0.1, 0.15) is 75.3 Å². The predicted octanol–water partition coefficient (Wildman–Crippen LogP) is 5.60. The number of hydrogen-bond acceptors (Lipinski definition) is 7. The number of aromatic nitrogens is 1. The summed E-state index contributed by atoms with van der Waals surface area (Å²) in [7, 11) is -3.49. The quantitative estimate of drug-likeness (QED) is 0.443. The van der Waals surface area contributed by atoms with Gasteiger partial charge in [-0.1, -0.05) is 12.8 Å². The monoisotopic (exact) mass is 564 g/mol. The first-order valence-corrected chi connectivity index (χ1v) is 16.2.